The van der Waals surface area contributed by atoms with E-state index < -0.39 is 0 Å². The maximum Gasteiger partial charge on any atom is 0.0133 e. The minimum Gasteiger partial charge on any atom is -0.300 e. The Morgan fingerprint density at radius 1 is 1.38 bits per heavy atom. The summed E-state index contributed by atoms with van der Waals surface area (Å²) in [5.74, 6) is 2.66. The van der Waals surface area contributed by atoms with E-state index >= 15 is 0 Å². The Morgan fingerprint density at radius 2 is 2.00 bits per heavy atom. The number of allylic oxidation sites excluding steroid dienone is 1. The van der Waals surface area contributed by atoms with Gasteiger partial charge < -0.3 is 0 Å². The number of hydrogen-bond donors (Lipinski definition) is 0. The van der Waals surface area contributed by atoms with Gasteiger partial charge in [0.1, 0.15) is 0 Å². The van der Waals surface area contributed by atoms with Crippen LogP contribution in [0.1, 0.15) is 32.1 Å². The molecule has 13 heavy (non-hydrogen) atoms. The fourth-order valence-corrected chi connectivity index (χ4v) is 2.71. The summed E-state index contributed by atoms with van der Waals surface area (Å²) in [6.45, 7) is 0. The second-order valence-corrected chi connectivity index (χ2v) is 4.28. The van der Waals surface area contributed by atoms with Crippen molar-refractivity contribution in [3.8, 4) is 12.3 Å². The zero-order valence-electron chi connectivity index (χ0n) is 8.29. The van der Waals surface area contributed by atoms with Gasteiger partial charge in [-0.15, -0.1) is 6.42 Å². The van der Waals surface area contributed by atoms with Crippen LogP contribution in [0.4, 0.5) is 0 Å². The predicted octanol–water partition coefficient (Wildman–Crippen LogP) is 2.19. The molecule has 2 heterocycles. The Morgan fingerprint density at radius 3 is 2.54 bits per heavy atom. The third-order valence-corrected chi connectivity index (χ3v) is 3.51. The molecule has 0 aromatic heterocycles. The first-order chi connectivity index (χ1) is 6.31. The molecule has 0 radical (unpaired) electrons. The minimum atomic E-state index is 0.770. The molecule has 2 rings (SSSR count). The average Bonchev–Trinajstić information content (AvgIpc) is 2.07. The molecule has 0 amide bonds. The molecule has 2 fully saturated rings. The number of rotatable bonds is 0. The van der Waals surface area contributed by atoms with Crippen molar-refractivity contribution in [2.24, 2.45) is 0 Å². The number of nitrogens with zero attached hydrogens (tertiary/aromatic N) is 1. The van der Waals surface area contributed by atoms with E-state index in [1.165, 1.54) is 37.7 Å². The van der Waals surface area contributed by atoms with Gasteiger partial charge in [0.15, 0.2) is 0 Å². The van der Waals surface area contributed by atoms with Gasteiger partial charge in [-0.25, -0.2) is 0 Å². The van der Waals surface area contributed by atoms with Crippen molar-refractivity contribution < 1.29 is 0 Å². The topological polar surface area (TPSA) is 3.24 Å². The van der Waals surface area contributed by atoms with Crippen molar-refractivity contribution in [3.63, 3.8) is 0 Å². The second-order valence-electron chi connectivity index (χ2n) is 4.28. The van der Waals surface area contributed by atoms with Gasteiger partial charge in [0, 0.05) is 12.1 Å². The molecular weight excluding hydrogens is 158 g/mol. The largest absolute Gasteiger partial charge is 0.300 e. The van der Waals surface area contributed by atoms with E-state index in [2.05, 4.69) is 17.9 Å². The van der Waals surface area contributed by atoms with Crippen LogP contribution >= 0.6 is 0 Å². The zero-order valence-corrected chi connectivity index (χ0v) is 8.29. The Bertz CT molecular complexity index is 243. The second kappa shape index (κ2) is 3.55. The van der Waals surface area contributed by atoms with E-state index in [1.807, 2.05) is 6.08 Å². The maximum absolute atomic E-state index is 5.30. The molecular formula is C12H17N. The van der Waals surface area contributed by atoms with Crippen LogP contribution in [0.3, 0.4) is 0 Å². The highest BCUT2D eigenvalue weighted by molar-refractivity contribution is 5.21. The Balaban J connectivity index is 2.13. The summed E-state index contributed by atoms with van der Waals surface area (Å²) in [4.78, 5) is 2.55. The van der Waals surface area contributed by atoms with Crippen LogP contribution in [-0.4, -0.2) is 24.0 Å². The number of hydrogen-bond acceptors (Lipinski definition) is 1. The Labute approximate surface area is 80.8 Å². The van der Waals surface area contributed by atoms with Gasteiger partial charge in [-0.3, -0.25) is 4.90 Å². The molecule has 0 aliphatic carbocycles. The van der Waals surface area contributed by atoms with Crippen molar-refractivity contribution >= 4 is 0 Å². The fourth-order valence-electron chi connectivity index (χ4n) is 2.71. The lowest BCUT2D eigenvalue weighted by molar-refractivity contribution is 0.0907. The monoisotopic (exact) mass is 175 g/mol. The molecule has 2 unspecified atom stereocenters. The lowest BCUT2D eigenvalue weighted by atomic mass is 9.82. The van der Waals surface area contributed by atoms with Gasteiger partial charge in [-0.05, 0) is 38.8 Å². The van der Waals surface area contributed by atoms with Crippen molar-refractivity contribution in [1.82, 2.24) is 4.90 Å². The van der Waals surface area contributed by atoms with Crippen molar-refractivity contribution in [2.45, 2.75) is 44.2 Å². The molecule has 0 aromatic carbocycles. The van der Waals surface area contributed by atoms with Crippen LogP contribution in [-0.2, 0) is 0 Å². The van der Waals surface area contributed by atoms with Crippen molar-refractivity contribution in [1.29, 1.82) is 0 Å². The summed E-state index contributed by atoms with van der Waals surface area (Å²) in [5, 5.41) is 0. The Hall–Kier alpha value is -0.740. The first-order valence-electron chi connectivity index (χ1n) is 5.17. The molecule has 0 N–H and O–H groups in total. The van der Waals surface area contributed by atoms with Crippen LogP contribution in [0.2, 0.25) is 0 Å². The smallest absolute Gasteiger partial charge is 0.0133 e. The molecule has 2 saturated heterocycles. The highest BCUT2D eigenvalue weighted by Crippen LogP contribution is 2.35. The molecule has 1 nitrogen and oxygen atoms in total. The van der Waals surface area contributed by atoms with E-state index in [4.69, 9.17) is 6.42 Å². The first-order valence-corrected chi connectivity index (χ1v) is 5.17. The van der Waals surface area contributed by atoms with Crippen LogP contribution in [0.25, 0.3) is 0 Å². The van der Waals surface area contributed by atoms with Crippen LogP contribution < -0.4 is 0 Å². The van der Waals surface area contributed by atoms with E-state index in [1.54, 1.807) is 0 Å². The maximum atomic E-state index is 5.30. The normalized spacial score (nSPS) is 34.0. The van der Waals surface area contributed by atoms with E-state index in [0.717, 1.165) is 12.1 Å². The standard InChI is InChI=1S/C12H17N/c1-3-5-10-8-11-6-4-7-12(9-10)13(11)2/h1,5,11-12H,4,6-9H2,2H3. The summed E-state index contributed by atoms with van der Waals surface area (Å²) in [5.41, 5.74) is 1.50. The molecule has 0 aromatic rings. The molecule has 0 spiro atoms. The van der Waals surface area contributed by atoms with Gasteiger partial charge in [0.25, 0.3) is 0 Å². The lowest BCUT2D eigenvalue weighted by Gasteiger charge is -2.44. The molecule has 2 bridgehead atoms. The summed E-state index contributed by atoms with van der Waals surface area (Å²) < 4.78 is 0. The molecule has 2 aliphatic heterocycles. The third kappa shape index (κ3) is 1.64. The number of terminal acetylenes is 1. The SMILES string of the molecule is C#CC=C1CC2CCCC(C1)N2C. The fraction of sp³-hybridized carbons (Fsp3) is 0.667. The predicted molar refractivity (Wildman–Crippen MR) is 55.3 cm³/mol. The van der Waals surface area contributed by atoms with Gasteiger partial charge in [-0.1, -0.05) is 17.9 Å². The minimum absolute atomic E-state index is 0.770. The first kappa shape index (κ1) is 8.84. The van der Waals surface area contributed by atoms with E-state index in [-0.39, 0.29) is 0 Å². The van der Waals surface area contributed by atoms with Crippen molar-refractivity contribution in [3.05, 3.63) is 11.6 Å². The van der Waals surface area contributed by atoms with Crippen molar-refractivity contribution in [2.75, 3.05) is 7.05 Å². The third-order valence-electron chi connectivity index (χ3n) is 3.51. The zero-order chi connectivity index (χ0) is 9.26. The molecule has 2 aliphatic rings. The van der Waals surface area contributed by atoms with Gasteiger partial charge >= 0.3 is 0 Å². The van der Waals surface area contributed by atoms with Crippen LogP contribution in [0.5, 0.6) is 0 Å². The van der Waals surface area contributed by atoms with E-state index in [0.29, 0.717) is 0 Å². The van der Waals surface area contributed by atoms with E-state index in [9.17, 15) is 0 Å². The molecule has 1 heteroatoms. The van der Waals surface area contributed by atoms with Gasteiger partial charge in [-0.2, -0.15) is 0 Å². The lowest BCUT2D eigenvalue weighted by Crippen LogP contribution is -2.47. The molecule has 70 valence electrons. The summed E-state index contributed by atoms with van der Waals surface area (Å²) >= 11 is 0. The molecule has 0 saturated carbocycles. The highest BCUT2D eigenvalue weighted by atomic mass is 15.2. The Kier molecular flexibility index (Phi) is 2.42. The van der Waals surface area contributed by atoms with Gasteiger partial charge in [0.2, 0.25) is 0 Å². The van der Waals surface area contributed by atoms with Gasteiger partial charge in [0.05, 0.1) is 0 Å². The summed E-state index contributed by atoms with van der Waals surface area (Å²) in [6.07, 6.45) is 13.8. The highest BCUT2D eigenvalue weighted by Gasteiger charge is 2.32. The quantitative estimate of drug-likeness (QED) is 0.510. The average molecular weight is 175 g/mol. The molecule has 2 atom stereocenters. The van der Waals surface area contributed by atoms with Crippen LogP contribution in [0.15, 0.2) is 11.6 Å². The van der Waals surface area contributed by atoms with Crippen LogP contribution in [0, 0.1) is 12.3 Å². The summed E-state index contributed by atoms with van der Waals surface area (Å²) in [7, 11) is 2.27. The summed E-state index contributed by atoms with van der Waals surface area (Å²) in [6, 6.07) is 1.54. The number of fused-ring (bicyclic) bond motifs is 2. The number of piperidine rings is 2.